The Morgan fingerprint density at radius 1 is 1.17 bits per heavy atom. The van der Waals surface area contributed by atoms with Crippen LogP contribution in [0.2, 0.25) is 0 Å². The molecule has 0 bridgehead atoms. The van der Waals surface area contributed by atoms with Crippen LogP contribution in [-0.4, -0.2) is 20.9 Å². The first-order valence-corrected chi connectivity index (χ1v) is 8.02. The molecule has 0 spiro atoms. The predicted molar refractivity (Wildman–Crippen MR) is 88.3 cm³/mol. The number of carbonyl (C=O) groups is 1. The van der Waals surface area contributed by atoms with Gasteiger partial charge in [-0.2, -0.15) is 10.6 Å². The molecule has 0 saturated carbocycles. The summed E-state index contributed by atoms with van der Waals surface area (Å²) in [6.07, 6.45) is 6.16. The third-order valence-corrected chi connectivity index (χ3v) is 3.93. The van der Waals surface area contributed by atoms with Gasteiger partial charge in [-0.1, -0.05) is 41.1 Å². The Kier molecular flexibility index (Phi) is 4.79. The zero-order chi connectivity index (χ0) is 16.8. The Labute approximate surface area is 140 Å². The molecule has 7 heteroatoms. The van der Waals surface area contributed by atoms with Gasteiger partial charge in [-0.3, -0.25) is 9.78 Å². The first kappa shape index (κ1) is 15.6. The zero-order valence-corrected chi connectivity index (χ0v) is 13.2. The maximum atomic E-state index is 12.1. The van der Waals surface area contributed by atoms with Gasteiger partial charge >= 0.3 is 0 Å². The highest BCUT2D eigenvalue weighted by Gasteiger charge is 2.02. The Morgan fingerprint density at radius 3 is 2.75 bits per heavy atom. The van der Waals surface area contributed by atoms with Gasteiger partial charge in [-0.25, -0.2) is 4.98 Å². The lowest BCUT2D eigenvalue weighted by atomic mass is 10.2. The van der Waals surface area contributed by atoms with E-state index in [0.29, 0.717) is 16.3 Å². The Bertz CT molecular complexity index is 996. The first-order valence-electron chi connectivity index (χ1n) is 6.92. The number of hydrogen-bond acceptors (Lipinski definition) is 5. The number of hydrogen-bond donors (Lipinski definition) is 1. The van der Waals surface area contributed by atoms with Crippen molar-refractivity contribution in [1.29, 1.82) is 0 Å². The van der Waals surface area contributed by atoms with Crippen molar-refractivity contribution in [3.05, 3.63) is 78.1 Å². The fourth-order valence-electron chi connectivity index (χ4n) is 1.81. The lowest BCUT2D eigenvalue weighted by molar-refractivity contribution is 0.100. The average molecular weight is 335 g/mol. The Hall–Kier alpha value is -3.24. The Morgan fingerprint density at radius 2 is 2.00 bits per heavy atom. The van der Waals surface area contributed by atoms with Crippen molar-refractivity contribution < 1.29 is 9.00 Å². The molecular formula is C17H11N4O2S-. The molecule has 6 nitrogen and oxygen atoms in total. The molecule has 2 heterocycles. The number of nitrogens with zero attached hydrogens (tertiary/aromatic N) is 3. The van der Waals surface area contributed by atoms with E-state index in [1.54, 1.807) is 48.8 Å². The highest BCUT2D eigenvalue weighted by molar-refractivity contribution is 7.75. The summed E-state index contributed by atoms with van der Waals surface area (Å²) < 4.78 is 15.8. The third-order valence-electron chi connectivity index (χ3n) is 2.92. The standard InChI is InChI=1S/C17H11N4O2S/c22-17(21-24(23)15-4-2-1-3-5-15)14-10-13(11-18-12-14)6-7-16-19-8-9-20-16/h1-5,8-12H,(H,19,20)/q-1. The molecule has 0 fully saturated rings. The van der Waals surface area contributed by atoms with Crippen LogP contribution in [0.3, 0.4) is 0 Å². The van der Waals surface area contributed by atoms with Gasteiger partial charge in [0.15, 0.2) is 5.82 Å². The number of imidazole rings is 1. The topological polar surface area (TPSA) is 88.1 Å². The van der Waals surface area contributed by atoms with E-state index in [1.165, 1.54) is 12.4 Å². The van der Waals surface area contributed by atoms with Gasteiger partial charge in [0, 0.05) is 30.4 Å². The summed E-state index contributed by atoms with van der Waals surface area (Å²) in [6.45, 7) is 0. The molecule has 1 N–H and O–H groups in total. The van der Waals surface area contributed by atoms with Gasteiger partial charge in [-0.15, -0.1) is 0 Å². The molecule has 0 unspecified atom stereocenters. The minimum absolute atomic E-state index is 0.227. The lowest BCUT2D eigenvalue weighted by Crippen LogP contribution is -1.97. The Balaban J connectivity index is 1.83. The van der Waals surface area contributed by atoms with E-state index in [9.17, 15) is 9.00 Å². The molecule has 24 heavy (non-hydrogen) atoms. The molecule has 2 aromatic heterocycles. The third kappa shape index (κ3) is 3.94. The van der Waals surface area contributed by atoms with Crippen molar-refractivity contribution in [2.75, 3.05) is 0 Å². The van der Waals surface area contributed by atoms with E-state index in [0.717, 1.165) is 0 Å². The molecule has 3 rings (SSSR count). The summed E-state index contributed by atoms with van der Waals surface area (Å²) in [5.41, 5.74) is 0.767. The monoisotopic (exact) mass is 335 g/mol. The molecule has 0 radical (unpaired) electrons. The van der Waals surface area contributed by atoms with Crippen molar-refractivity contribution in [1.82, 2.24) is 15.0 Å². The molecule has 118 valence electrons. The van der Waals surface area contributed by atoms with Gasteiger partial charge in [0.05, 0.1) is 5.56 Å². The van der Waals surface area contributed by atoms with E-state index in [4.69, 9.17) is 0 Å². The van der Waals surface area contributed by atoms with Crippen molar-refractivity contribution in [3.8, 4) is 11.8 Å². The van der Waals surface area contributed by atoms with E-state index < -0.39 is 16.5 Å². The molecule has 0 aliphatic heterocycles. The molecular weight excluding hydrogens is 324 g/mol. The quantitative estimate of drug-likeness (QED) is 0.576. The summed E-state index contributed by atoms with van der Waals surface area (Å²) in [5.74, 6) is 5.58. The number of benzene rings is 1. The SMILES string of the molecule is O=C(N=[S-](=O)c1ccccc1)c1cncc(C#Cc2ncc[nH]2)c1. The van der Waals surface area contributed by atoms with Crippen LogP contribution in [-0.2, 0) is 14.8 Å². The van der Waals surface area contributed by atoms with Gasteiger partial charge < -0.3 is 13.6 Å². The molecule has 0 aliphatic carbocycles. The van der Waals surface area contributed by atoms with Crippen molar-refractivity contribution in [2.24, 2.45) is 4.36 Å². The van der Waals surface area contributed by atoms with E-state index in [1.807, 2.05) is 0 Å². The molecule has 1 aromatic carbocycles. The number of pyridine rings is 1. The number of nitrogens with one attached hydrogen (secondary N) is 1. The second kappa shape index (κ2) is 7.35. The number of rotatable bonds is 2. The maximum Gasteiger partial charge on any atom is 0.255 e. The van der Waals surface area contributed by atoms with E-state index in [2.05, 4.69) is 31.2 Å². The fourth-order valence-corrected chi connectivity index (χ4v) is 2.56. The summed E-state index contributed by atoms with van der Waals surface area (Å²) in [7, 11) is -1.75. The van der Waals surface area contributed by atoms with Crippen LogP contribution in [0, 0.1) is 11.8 Å². The zero-order valence-electron chi connectivity index (χ0n) is 12.3. The van der Waals surface area contributed by atoms with Gasteiger partial charge in [-0.05, 0) is 12.0 Å². The minimum Gasteiger partial charge on any atom is -0.440 e. The van der Waals surface area contributed by atoms with E-state index in [-0.39, 0.29) is 5.56 Å². The second-order valence-electron chi connectivity index (χ2n) is 4.61. The van der Waals surface area contributed by atoms with Gasteiger partial charge in [0.2, 0.25) is 0 Å². The summed E-state index contributed by atoms with van der Waals surface area (Å²) in [6, 6.07) is 10.1. The lowest BCUT2D eigenvalue weighted by Gasteiger charge is -2.04. The summed E-state index contributed by atoms with van der Waals surface area (Å²) >= 11 is 0. The summed E-state index contributed by atoms with van der Waals surface area (Å²) in [4.78, 5) is 23.4. The van der Waals surface area contributed by atoms with Crippen LogP contribution in [0.4, 0.5) is 0 Å². The van der Waals surface area contributed by atoms with Crippen LogP contribution in [0.15, 0.2) is 70.4 Å². The number of H-pyrrole nitrogens is 1. The summed E-state index contributed by atoms with van der Waals surface area (Å²) in [5, 5.41) is 0. The smallest absolute Gasteiger partial charge is 0.255 e. The normalized spacial score (nSPS) is 11.5. The number of amides is 1. The molecule has 0 saturated heterocycles. The number of aromatic amines is 1. The minimum atomic E-state index is -1.75. The average Bonchev–Trinajstić information content (AvgIpc) is 3.14. The maximum absolute atomic E-state index is 12.1. The number of carbonyl (C=O) groups excluding carboxylic acids is 1. The first-order chi connectivity index (χ1) is 11.7. The molecule has 3 aromatic rings. The van der Waals surface area contributed by atoms with Crippen LogP contribution in [0.25, 0.3) is 0 Å². The highest BCUT2D eigenvalue weighted by Crippen LogP contribution is 2.07. The molecule has 0 atom stereocenters. The number of aromatic nitrogens is 3. The predicted octanol–water partition coefficient (Wildman–Crippen LogP) is 2.55. The van der Waals surface area contributed by atoms with Crippen molar-refractivity contribution in [3.63, 3.8) is 0 Å². The molecule has 1 amide bonds. The van der Waals surface area contributed by atoms with Gasteiger partial charge in [0.25, 0.3) is 5.91 Å². The van der Waals surface area contributed by atoms with E-state index >= 15 is 0 Å². The van der Waals surface area contributed by atoms with Crippen LogP contribution < -0.4 is 0 Å². The second-order valence-corrected chi connectivity index (χ2v) is 5.76. The molecule has 0 aliphatic rings. The van der Waals surface area contributed by atoms with Crippen LogP contribution >= 0.6 is 0 Å². The highest BCUT2D eigenvalue weighted by atomic mass is 32.2. The van der Waals surface area contributed by atoms with Crippen LogP contribution in [0.5, 0.6) is 0 Å². The van der Waals surface area contributed by atoms with Crippen molar-refractivity contribution in [2.45, 2.75) is 4.90 Å². The van der Waals surface area contributed by atoms with Crippen molar-refractivity contribution >= 4 is 16.5 Å². The van der Waals surface area contributed by atoms with Crippen LogP contribution in [0.1, 0.15) is 21.7 Å². The largest absolute Gasteiger partial charge is 0.440 e. The van der Waals surface area contributed by atoms with Gasteiger partial charge in [0.1, 0.15) is 0 Å². The fraction of sp³-hybridized carbons (Fsp3) is 0.